The zero-order valence-electron chi connectivity index (χ0n) is 11.5. The number of halogens is 3. The molecule has 4 nitrogen and oxygen atoms in total. The fourth-order valence-electron chi connectivity index (χ4n) is 2.94. The highest BCUT2D eigenvalue weighted by molar-refractivity contribution is 7.91. The van der Waals surface area contributed by atoms with E-state index >= 15 is 0 Å². The second-order valence-corrected chi connectivity index (χ2v) is 7.65. The summed E-state index contributed by atoms with van der Waals surface area (Å²) in [4.78, 5) is 11.5. The van der Waals surface area contributed by atoms with Crippen LogP contribution in [-0.4, -0.2) is 31.0 Å². The van der Waals surface area contributed by atoms with Gasteiger partial charge in [-0.3, -0.25) is 4.79 Å². The number of sulfone groups is 1. The summed E-state index contributed by atoms with van der Waals surface area (Å²) < 4.78 is 62.6. The van der Waals surface area contributed by atoms with Crippen LogP contribution in [0.1, 0.15) is 29.9 Å². The number of carboxylic acid groups (broad SMARTS) is 1. The van der Waals surface area contributed by atoms with Crippen LogP contribution >= 0.6 is 0 Å². The van der Waals surface area contributed by atoms with Gasteiger partial charge >= 0.3 is 12.1 Å². The summed E-state index contributed by atoms with van der Waals surface area (Å²) in [5.74, 6) is -4.20. The number of rotatable bonds is 3. The zero-order chi connectivity index (χ0) is 16.5. The fourth-order valence-corrected chi connectivity index (χ4v) is 4.72. The second kappa shape index (κ2) is 5.91. The molecule has 1 aromatic rings. The first kappa shape index (κ1) is 16.8. The number of carbonyl (C=O) groups is 1. The molecule has 0 aromatic heterocycles. The summed E-state index contributed by atoms with van der Waals surface area (Å²) in [7, 11) is -3.41. The molecule has 1 heterocycles. The van der Waals surface area contributed by atoms with E-state index in [0.717, 1.165) is 12.1 Å². The largest absolute Gasteiger partial charge is 0.481 e. The van der Waals surface area contributed by atoms with Crippen LogP contribution in [0.15, 0.2) is 24.3 Å². The van der Waals surface area contributed by atoms with Gasteiger partial charge in [0.25, 0.3) is 0 Å². The van der Waals surface area contributed by atoms with Gasteiger partial charge in [-0.25, -0.2) is 8.42 Å². The van der Waals surface area contributed by atoms with E-state index in [2.05, 4.69) is 0 Å². The highest BCUT2D eigenvalue weighted by Crippen LogP contribution is 2.40. The Balaban J connectivity index is 2.48. The molecule has 0 aliphatic carbocycles. The van der Waals surface area contributed by atoms with E-state index < -0.39 is 45.1 Å². The van der Waals surface area contributed by atoms with Crippen LogP contribution < -0.4 is 0 Å². The van der Waals surface area contributed by atoms with Crippen molar-refractivity contribution in [2.45, 2.75) is 24.9 Å². The average Bonchev–Trinajstić information content (AvgIpc) is 2.36. The number of hydrogen-bond donors (Lipinski definition) is 1. The van der Waals surface area contributed by atoms with E-state index in [9.17, 15) is 31.5 Å². The molecule has 1 aliphatic rings. The third-order valence-electron chi connectivity index (χ3n) is 3.84. The molecule has 0 amide bonds. The van der Waals surface area contributed by atoms with E-state index in [4.69, 9.17) is 0 Å². The van der Waals surface area contributed by atoms with E-state index in [1.165, 1.54) is 12.1 Å². The fraction of sp³-hybridized carbons (Fsp3) is 0.500. The van der Waals surface area contributed by atoms with E-state index in [0.29, 0.717) is 0 Å². The highest BCUT2D eigenvalue weighted by Gasteiger charge is 2.41. The third kappa shape index (κ3) is 3.60. The summed E-state index contributed by atoms with van der Waals surface area (Å²) in [5, 5.41) is 9.38. The minimum atomic E-state index is -4.68. The molecular weight excluding hydrogens is 321 g/mol. The maximum Gasteiger partial charge on any atom is 0.416 e. The molecule has 122 valence electrons. The van der Waals surface area contributed by atoms with Gasteiger partial charge < -0.3 is 5.11 Å². The van der Waals surface area contributed by atoms with E-state index in [1.54, 1.807) is 0 Å². The van der Waals surface area contributed by atoms with Gasteiger partial charge in [-0.2, -0.15) is 13.2 Å². The summed E-state index contributed by atoms with van der Waals surface area (Å²) >= 11 is 0. The number of aliphatic carboxylic acids is 1. The minimum absolute atomic E-state index is 0.0449. The summed E-state index contributed by atoms with van der Waals surface area (Å²) in [6.07, 6.45) is -4.13. The first-order chi connectivity index (χ1) is 10.1. The van der Waals surface area contributed by atoms with Gasteiger partial charge in [-0.1, -0.05) is 18.2 Å². The minimum Gasteiger partial charge on any atom is -0.481 e. The molecule has 1 saturated heterocycles. The molecule has 1 aliphatic heterocycles. The molecule has 0 saturated carbocycles. The Morgan fingerprint density at radius 3 is 2.45 bits per heavy atom. The molecule has 0 bridgehead atoms. The van der Waals surface area contributed by atoms with Crippen molar-refractivity contribution in [1.82, 2.24) is 0 Å². The molecule has 1 N–H and O–H groups in total. The van der Waals surface area contributed by atoms with Crippen LogP contribution in [-0.2, 0) is 20.8 Å². The van der Waals surface area contributed by atoms with Crippen molar-refractivity contribution >= 4 is 15.8 Å². The maximum absolute atomic E-state index is 13.1. The normalized spacial score (nSPS) is 23.0. The molecule has 22 heavy (non-hydrogen) atoms. The number of carboxylic acids is 1. The van der Waals surface area contributed by atoms with Crippen molar-refractivity contribution in [1.29, 1.82) is 0 Å². The molecule has 1 aromatic carbocycles. The number of hydrogen-bond acceptors (Lipinski definition) is 3. The third-order valence-corrected chi connectivity index (χ3v) is 5.68. The lowest BCUT2D eigenvalue weighted by Crippen LogP contribution is -2.33. The predicted octanol–water partition coefficient (Wildman–Crippen LogP) is 2.70. The van der Waals surface area contributed by atoms with Crippen molar-refractivity contribution in [3.05, 3.63) is 35.4 Å². The standard InChI is InChI=1S/C14H15F3O4S/c15-14(16,17)11-6-2-1-5-10(11)12(13(18)19)9-4-3-7-22(20,21)8-9/h1-2,5-6,9,12H,3-4,7-8H2,(H,18,19). The molecule has 0 radical (unpaired) electrons. The lowest BCUT2D eigenvalue weighted by atomic mass is 9.82. The number of benzene rings is 1. The zero-order valence-corrected chi connectivity index (χ0v) is 12.3. The van der Waals surface area contributed by atoms with Crippen LogP contribution in [0.2, 0.25) is 0 Å². The van der Waals surface area contributed by atoms with Crippen LogP contribution in [0.5, 0.6) is 0 Å². The molecule has 1 fully saturated rings. The van der Waals surface area contributed by atoms with Crippen LogP contribution in [0.4, 0.5) is 13.2 Å². The summed E-state index contributed by atoms with van der Waals surface area (Å²) in [6, 6.07) is 4.45. The van der Waals surface area contributed by atoms with Gasteiger partial charge in [0.05, 0.1) is 23.0 Å². The molecule has 0 spiro atoms. The Morgan fingerprint density at radius 2 is 1.91 bits per heavy atom. The van der Waals surface area contributed by atoms with E-state index in [1.807, 2.05) is 0 Å². The Bertz CT molecular complexity index is 667. The Morgan fingerprint density at radius 1 is 1.27 bits per heavy atom. The predicted molar refractivity (Wildman–Crippen MR) is 73.2 cm³/mol. The lowest BCUT2D eigenvalue weighted by molar-refractivity contribution is -0.142. The molecule has 2 atom stereocenters. The second-order valence-electron chi connectivity index (χ2n) is 5.42. The van der Waals surface area contributed by atoms with Crippen LogP contribution in [0, 0.1) is 5.92 Å². The topological polar surface area (TPSA) is 71.4 Å². The van der Waals surface area contributed by atoms with Gasteiger partial charge in [-0.05, 0) is 30.4 Å². The van der Waals surface area contributed by atoms with Gasteiger partial charge in [0, 0.05) is 0 Å². The van der Waals surface area contributed by atoms with Crippen molar-refractivity contribution in [3.8, 4) is 0 Å². The van der Waals surface area contributed by atoms with Crippen molar-refractivity contribution in [3.63, 3.8) is 0 Å². The molecular formula is C14H15F3O4S. The van der Waals surface area contributed by atoms with Crippen LogP contribution in [0.3, 0.4) is 0 Å². The highest BCUT2D eigenvalue weighted by atomic mass is 32.2. The van der Waals surface area contributed by atoms with Gasteiger partial charge in [0.1, 0.15) is 0 Å². The van der Waals surface area contributed by atoms with Crippen molar-refractivity contribution in [2.24, 2.45) is 5.92 Å². The first-order valence-corrected chi connectivity index (χ1v) is 8.53. The quantitative estimate of drug-likeness (QED) is 0.921. The molecule has 8 heteroatoms. The monoisotopic (exact) mass is 336 g/mol. The molecule has 2 unspecified atom stereocenters. The smallest absolute Gasteiger partial charge is 0.416 e. The SMILES string of the molecule is O=C(O)C(c1ccccc1C(F)(F)F)C1CCCS(=O)(=O)C1. The molecule has 2 rings (SSSR count). The van der Waals surface area contributed by atoms with Crippen LogP contribution in [0.25, 0.3) is 0 Å². The van der Waals surface area contributed by atoms with Crippen molar-refractivity contribution < 1.29 is 31.5 Å². The van der Waals surface area contributed by atoms with E-state index in [-0.39, 0.29) is 24.2 Å². The lowest BCUT2D eigenvalue weighted by Gasteiger charge is -2.29. The Kier molecular flexibility index (Phi) is 4.51. The summed E-state index contributed by atoms with van der Waals surface area (Å²) in [6.45, 7) is 0. The van der Waals surface area contributed by atoms with Gasteiger partial charge in [-0.15, -0.1) is 0 Å². The Labute approximate surface area is 125 Å². The van der Waals surface area contributed by atoms with Crippen molar-refractivity contribution in [2.75, 3.05) is 11.5 Å². The summed E-state index contributed by atoms with van der Waals surface area (Å²) in [5.41, 5.74) is -1.39. The first-order valence-electron chi connectivity index (χ1n) is 6.71. The average molecular weight is 336 g/mol. The van der Waals surface area contributed by atoms with Gasteiger partial charge in [0.15, 0.2) is 9.84 Å². The number of alkyl halides is 3. The maximum atomic E-state index is 13.1. The Hall–Kier alpha value is -1.57. The van der Waals surface area contributed by atoms with Gasteiger partial charge in [0.2, 0.25) is 0 Å².